The summed E-state index contributed by atoms with van der Waals surface area (Å²) in [5.41, 5.74) is 9.02. The van der Waals surface area contributed by atoms with Gasteiger partial charge < -0.3 is 16.4 Å². The lowest BCUT2D eigenvalue weighted by Gasteiger charge is -2.14. The molecule has 12 heteroatoms. The fourth-order valence-electron chi connectivity index (χ4n) is 4.46. The summed E-state index contributed by atoms with van der Waals surface area (Å²) in [4.78, 5) is 51.1. The van der Waals surface area contributed by atoms with E-state index in [1.807, 2.05) is 18.2 Å². The largest absolute Gasteiger partial charge is 0.395 e. The van der Waals surface area contributed by atoms with Gasteiger partial charge in [-0.2, -0.15) is 5.10 Å². The molecule has 1 aromatic carbocycles. The molecule has 0 aliphatic carbocycles. The number of anilines is 2. The van der Waals surface area contributed by atoms with Crippen LogP contribution < -0.4 is 16.4 Å². The number of carbonyl (C=O) groups is 3. The monoisotopic (exact) mass is 576 g/mol. The number of ketones is 2. The van der Waals surface area contributed by atoms with Gasteiger partial charge in [-0.3, -0.25) is 19.1 Å². The maximum absolute atomic E-state index is 13.4. The molecule has 1 aliphatic rings. The van der Waals surface area contributed by atoms with Gasteiger partial charge in [0.2, 0.25) is 5.91 Å². The predicted octanol–water partition coefficient (Wildman–Crippen LogP) is 3.32. The van der Waals surface area contributed by atoms with Crippen molar-refractivity contribution in [3.8, 4) is 11.1 Å². The number of carbonyl (C=O) groups excluding carboxylic acids is 3. The lowest BCUT2D eigenvalue weighted by Crippen LogP contribution is -2.36. The van der Waals surface area contributed by atoms with Crippen molar-refractivity contribution in [1.29, 1.82) is 0 Å². The molecule has 4 N–H and O–H groups in total. The van der Waals surface area contributed by atoms with Crippen LogP contribution in [0.15, 0.2) is 41.3 Å². The summed E-state index contributed by atoms with van der Waals surface area (Å²) >= 11 is 3.31. The van der Waals surface area contributed by atoms with Crippen LogP contribution in [0.3, 0.4) is 0 Å². The standard InChI is InChI=1S/C26H25BrN8O3/c1-13(36)24-17-8-15(16-10-30-14(2)31-11-16)5-6-20(17)35(34-24)12-21(37)18-9-22(27)32-25(23(18)28)33-26(38)19-4-3-7-29-19/h5-6,8-11,19,29H,3-4,7,12,28H2,1-2H3,(H,32,33,38). The van der Waals surface area contributed by atoms with Crippen molar-refractivity contribution in [3.63, 3.8) is 0 Å². The molecular weight excluding hydrogens is 552 g/mol. The highest BCUT2D eigenvalue weighted by atomic mass is 79.9. The zero-order chi connectivity index (χ0) is 27.0. The number of halogens is 1. The zero-order valence-corrected chi connectivity index (χ0v) is 22.4. The van der Waals surface area contributed by atoms with E-state index in [1.165, 1.54) is 17.7 Å². The smallest absolute Gasteiger partial charge is 0.242 e. The fourth-order valence-corrected chi connectivity index (χ4v) is 4.87. The SMILES string of the molecule is CC(=O)c1nn(CC(=O)c2cc(Br)nc(NC(=O)C3CCCN3)c2N)c2ccc(-c3cnc(C)nc3)cc12. The molecule has 4 aromatic rings. The minimum Gasteiger partial charge on any atom is -0.395 e. The van der Waals surface area contributed by atoms with Crippen LogP contribution in [0.1, 0.15) is 46.4 Å². The van der Waals surface area contributed by atoms with Gasteiger partial charge in [-0.15, -0.1) is 0 Å². The Morgan fingerprint density at radius 3 is 2.63 bits per heavy atom. The summed E-state index contributed by atoms with van der Waals surface area (Å²) in [6, 6.07) is 6.70. The summed E-state index contributed by atoms with van der Waals surface area (Å²) in [5.74, 6) is -0.0605. The van der Waals surface area contributed by atoms with Crippen LogP contribution in [0.25, 0.3) is 22.0 Å². The van der Waals surface area contributed by atoms with Crippen LogP contribution in [0.2, 0.25) is 0 Å². The van der Waals surface area contributed by atoms with Crippen molar-refractivity contribution < 1.29 is 14.4 Å². The van der Waals surface area contributed by atoms with Gasteiger partial charge in [-0.25, -0.2) is 15.0 Å². The van der Waals surface area contributed by atoms with Crippen molar-refractivity contribution >= 4 is 55.8 Å². The van der Waals surface area contributed by atoms with Crippen molar-refractivity contribution in [2.75, 3.05) is 17.6 Å². The van der Waals surface area contributed by atoms with Crippen LogP contribution in [-0.2, 0) is 11.3 Å². The summed E-state index contributed by atoms with van der Waals surface area (Å²) < 4.78 is 1.84. The van der Waals surface area contributed by atoms with Gasteiger partial charge in [0.15, 0.2) is 17.4 Å². The Kier molecular flexibility index (Phi) is 7.00. The highest BCUT2D eigenvalue weighted by molar-refractivity contribution is 9.10. The fraction of sp³-hybridized carbons (Fsp3) is 0.269. The third-order valence-corrected chi connectivity index (χ3v) is 6.84. The number of nitrogen functional groups attached to an aromatic ring is 1. The number of aromatic nitrogens is 5. The molecule has 0 bridgehead atoms. The normalized spacial score (nSPS) is 15.1. The minimum atomic E-state index is -0.351. The summed E-state index contributed by atoms with van der Waals surface area (Å²) in [5, 5.41) is 10.9. The summed E-state index contributed by atoms with van der Waals surface area (Å²) in [7, 11) is 0. The number of nitrogens with one attached hydrogen (secondary N) is 2. The van der Waals surface area contributed by atoms with Crippen LogP contribution in [0.5, 0.6) is 0 Å². The van der Waals surface area contributed by atoms with Crippen molar-refractivity contribution in [2.45, 2.75) is 39.3 Å². The third kappa shape index (κ3) is 5.04. The van der Waals surface area contributed by atoms with E-state index >= 15 is 0 Å². The van der Waals surface area contributed by atoms with Crippen molar-refractivity contribution in [1.82, 2.24) is 30.0 Å². The van der Waals surface area contributed by atoms with Crippen LogP contribution in [0.4, 0.5) is 11.5 Å². The molecule has 5 rings (SSSR count). The first-order valence-electron chi connectivity index (χ1n) is 12.0. The second-order valence-corrected chi connectivity index (χ2v) is 9.94. The Balaban J connectivity index is 1.46. The van der Waals surface area contributed by atoms with Gasteiger partial charge >= 0.3 is 0 Å². The number of pyridine rings is 1. The average Bonchev–Trinajstić information content (AvgIpc) is 3.55. The Hall–Kier alpha value is -4.03. The Morgan fingerprint density at radius 2 is 1.95 bits per heavy atom. The van der Waals surface area contributed by atoms with E-state index < -0.39 is 0 Å². The van der Waals surface area contributed by atoms with Crippen molar-refractivity contribution in [2.24, 2.45) is 0 Å². The number of hydrogen-bond acceptors (Lipinski definition) is 9. The molecule has 1 atom stereocenters. The van der Waals surface area contributed by atoms with Gasteiger partial charge in [0.05, 0.1) is 17.2 Å². The van der Waals surface area contributed by atoms with E-state index in [0.29, 0.717) is 21.3 Å². The Bertz CT molecular complexity index is 1580. The molecule has 1 unspecified atom stereocenters. The lowest BCUT2D eigenvalue weighted by atomic mass is 10.0. The van der Waals surface area contributed by atoms with Crippen LogP contribution in [-0.4, -0.2) is 54.8 Å². The first-order valence-corrected chi connectivity index (χ1v) is 12.8. The highest BCUT2D eigenvalue weighted by Gasteiger charge is 2.25. The van der Waals surface area contributed by atoms with E-state index in [-0.39, 0.29) is 52.8 Å². The van der Waals surface area contributed by atoms with Gasteiger partial charge in [-0.05, 0) is 66.0 Å². The lowest BCUT2D eigenvalue weighted by molar-refractivity contribution is -0.117. The van der Waals surface area contributed by atoms with Crippen molar-refractivity contribution in [3.05, 3.63) is 58.3 Å². The molecule has 1 saturated heterocycles. The maximum Gasteiger partial charge on any atom is 0.242 e. The molecule has 1 amide bonds. The van der Waals surface area contributed by atoms with E-state index in [9.17, 15) is 14.4 Å². The summed E-state index contributed by atoms with van der Waals surface area (Å²) in [6.45, 7) is 3.83. The number of nitrogens with two attached hydrogens (primary N) is 1. The molecule has 1 fully saturated rings. The first-order chi connectivity index (χ1) is 18.2. The number of Topliss-reactive ketones (excluding diaryl/α,β-unsaturated/α-hetero) is 2. The highest BCUT2D eigenvalue weighted by Crippen LogP contribution is 2.29. The minimum absolute atomic E-state index is 0.0643. The topological polar surface area (TPSA) is 158 Å². The molecule has 11 nitrogen and oxygen atoms in total. The molecule has 3 aromatic heterocycles. The number of aryl methyl sites for hydroxylation is 1. The number of hydrogen-bond donors (Lipinski definition) is 3. The third-order valence-electron chi connectivity index (χ3n) is 6.44. The number of benzene rings is 1. The van der Waals surface area contributed by atoms with Gasteiger partial charge in [0.25, 0.3) is 0 Å². The number of amides is 1. The van der Waals surface area contributed by atoms with Crippen LogP contribution >= 0.6 is 15.9 Å². The molecule has 38 heavy (non-hydrogen) atoms. The predicted molar refractivity (Wildman–Crippen MR) is 146 cm³/mol. The number of rotatable bonds is 7. The van der Waals surface area contributed by atoms with Gasteiger partial charge in [0.1, 0.15) is 22.7 Å². The summed E-state index contributed by atoms with van der Waals surface area (Å²) in [6.07, 6.45) is 5.06. The quantitative estimate of drug-likeness (QED) is 0.221. The second kappa shape index (κ2) is 10.4. The molecular formula is C26H25BrN8O3. The van der Waals surface area contributed by atoms with E-state index in [0.717, 1.165) is 30.5 Å². The van der Waals surface area contributed by atoms with E-state index in [2.05, 4.69) is 46.6 Å². The number of nitrogens with zero attached hydrogens (tertiary/aromatic N) is 5. The molecule has 4 heterocycles. The molecule has 194 valence electrons. The molecule has 1 aliphatic heterocycles. The maximum atomic E-state index is 13.4. The molecule has 0 spiro atoms. The van der Waals surface area contributed by atoms with E-state index in [1.54, 1.807) is 19.3 Å². The van der Waals surface area contributed by atoms with Gasteiger partial charge in [0, 0.05) is 35.8 Å². The zero-order valence-electron chi connectivity index (χ0n) is 20.8. The first kappa shape index (κ1) is 25.6. The van der Waals surface area contributed by atoms with Gasteiger partial charge in [-0.1, -0.05) is 6.07 Å². The average molecular weight is 577 g/mol. The molecule has 0 radical (unpaired) electrons. The van der Waals surface area contributed by atoms with Crippen LogP contribution in [0, 0.1) is 6.92 Å². The number of fused-ring (bicyclic) bond motifs is 1. The molecule has 0 saturated carbocycles. The second-order valence-electron chi connectivity index (χ2n) is 9.13. The Morgan fingerprint density at radius 1 is 1.18 bits per heavy atom. The Labute approximate surface area is 226 Å². The van der Waals surface area contributed by atoms with E-state index in [4.69, 9.17) is 5.73 Å².